The summed E-state index contributed by atoms with van der Waals surface area (Å²) in [5, 5.41) is 3.34. The van der Waals surface area contributed by atoms with Gasteiger partial charge in [0.25, 0.3) is 11.1 Å². The van der Waals surface area contributed by atoms with E-state index in [1.54, 1.807) is 42.5 Å². The van der Waals surface area contributed by atoms with Crippen molar-refractivity contribution < 1.29 is 23.9 Å². The highest BCUT2D eigenvalue weighted by Crippen LogP contribution is 2.35. The maximum atomic E-state index is 13.0. The van der Waals surface area contributed by atoms with Crippen molar-refractivity contribution >= 4 is 63.8 Å². The molecule has 7 nitrogen and oxygen atoms in total. The molecule has 10 heteroatoms. The van der Waals surface area contributed by atoms with Crippen LogP contribution in [-0.2, 0) is 16.2 Å². The predicted octanol–water partition coefficient (Wildman–Crippen LogP) is 7.26. The number of carbonyl (C=O) groups excluding carboxylic acids is 3. The smallest absolute Gasteiger partial charge is 0.294 e. The topological polar surface area (TPSA) is 84.9 Å². The molecule has 0 unspecified atom stereocenters. The molecule has 1 heterocycles. The van der Waals surface area contributed by atoms with Crippen molar-refractivity contribution in [1.82, 2.24) is 4.90 Å². The summed E-state index contributed by atoms with van der Waals surface area (Å²) < 4.78 is 11.7. The normalized spacial score (nSPS) is 14.2. The van der Waals surface area contributed by atoms with E-state index in [1.807, 2.05) is 39.0 Å². The molecule has 1 fully saturated rings. The number of aryl methyl sites for hydroxylation is 2. The van der Waals surface area contributed by atoms with Crippen LogP contribution in [0.5, 0.6) is 11.5 Å². The zero-order valence-electron chi connectivity index (χ0n) is 21.5. The maximum Gasteiger partial charge on any atom is 0.294 e. The minimum Gasteiger partial charge on any atom is -0.490 e. The zero-order chi connectivity index (χ0) is 28.1. The first-order valence-corrected chi connectivity index (χ1v) is 13.7. The van der Waals surface area contributed by atoms with Gasteiger partial charge in [-0.25, -0.2) is 0 Å². The van der Waals surface area contributed by atoms with Gasteiger partial charge in [0.05, 0.1) is 11.5 Å². The maximum absolute atomic E-state index is 13.0. The molecule has 0 aromatic heterocycles. The van der Waals surface area contributed by atoms with Gasteiger partial charge >= 0.3 is 0 Å². The summed E-state index contributed by atoms with van der Waals surface area (Å²) in [5.74, 6) is -0.00553. The molecule has 0 spiro atoms. The number of rotatable bonds is 9. The lowest BCUT2D eigenvalue weighted by molar-refractivity contribution is -0.127. The molecular weight excluding hydrogens is 559 g/mol. The number of nitrogens with one attached hydrogen (secondary N) is 1. The molecule has 1 saturated heterocycles. The number of hydrogen-bond acceptors (Lipinski definition) is 6. The van der Waals surface area contributed by atoms with Gasteiger partial charge in [-0.1, -0.05) is 53.5 Å². The first kappa shape index (κ1) is 28.5. The first-order chi connectivity index (χ1) is 18.7. The summed E-state index contributed by atoms with van der Waals surface area (Å²) in [4.78, 5) is 39.4. The van der Waals surface area contributed by atoms with Crippen LogP contribution < -0.4 is 14.8 Å². The number of para-hydroxylation sites is 1. The second-order valence-corrected chi connectivity index (χ2v) is 10.6. The molecule has 3 aromatic rings. The Labute approximate surface area is 241 Å². The Kier molecular flexibility index (Phi) is 9.22. The third kappa shape index (κ3) is 6.95. The van der Waals surface area contributed by atoms with Crippen LogP contribution in [0.1, 0.15) is 29.2 Å². The van der Waals surface area contributed by atoms with E-state index in [4.69, 9.17) is 32.7 Å². The lowest BCUT2D eigenvalue weighted by atomic mass is 10.1. The van der Waals surface area contributed by atoms with Crippen LogP contribution in [0.4, 0.5) is 10.5 Å². The van der Waals surface area contributed by atoms with E-state index in [0.29, 0.717) is 39.4 Å². The highest BCUT2D eigenvalue weighted by molar-refractivity contribution is 8.18. The number of ether oxygens (including phenoxy) is 2. The Morgan fingerprint density at radius 1 is 1.00 bits per heavy atom. The molecule has 202 valence electrons. The van der Waals surface area contributed by atoms with Crippen LogP contribution in [0, 0.1) is 13.8 Å². The van der Waals surface area contributed by atoms with E-state index in [-0.39, 0.29) is 18.1 Å². The van der Waals surface area contributed by atoms with Crippen LogP contribution >= 0.6 is 35.0 Å². The van der Waals surface area contributed by atoms with Gasteiger partial charge in [-0.2, -0.15) is 0 Å². The summed E-state index contributed by atoms with van der Waals surface area (Å²) in [5.41, 5.74) is 3.87. The van der Waals surface area contributed by atoms with Gasteiger partial charge in [-0.15, -0.1) is 0 Å². The van der Waals surface area contributed by atoms with Crippen LogP contribution in [-0.4, -0.2) is 35.1 Å². The lowest BCUT2D eigenvalue weighted by Gasteiger charge is -2.15. The van der Waals surface area contributed by atoms with E-state index < -0.39 is 17.1 Å². The van der Waals surface area contributed by atoms with Crippen molar-refractivity contribution in [2.24, 2.45) is 0 Å². The summed E-state index contributed by atoms with van der Waals surface area (Å²) in [6.07, 6.45) is 1.59. The monoisotopic (exact) mass is 584 g/mol. The Morgan fingerprint density at radius 3 is 2.44 bits per heavy atom. The number of benzene rings is 3. The van der Waals surface area contributed by atoms with E-state index in [0.717, 1.165) is 33.4 Å². The Balaban J connectivity index is 1.46. The van der Waals surface area contributed by atoms with E-state index in [2.05, 4.69) is 5.32 Å². The number of carbonyl (C=O) groups is 3. The highest BCUT2D eigenvalue weighted by atomic mass is 35.5. The van der Waals surface area contributed by atoms with Gasteiger partial charge in [0, 0.05) is 21.3 Å². The van der Waals surface area contributed by atoms with Gasteiger partial charge in [0.2, 0.25) is 5.91 Å². The second kappa shape index (κ2) is 12.6. The minimum atomic E-state index is -0.530. The summed E-state index contributed by atoms with van der Waals surface area (Å²) in [6, 6.07) is 16.0. The molecule has 1 aliphatic heterocycles. The number of hydrogen-bond donors (Lipinski definition) is 1. The summed E-state index contributed by atoms with van der Waals surface area (Å²) >= 11 is 13.0. The fraction of sp³-hybridized carbons (Fsp3) is 0.207. The standard InChI is InChI=1S/C29H26Cl2N2O5S/c1-4-37-24-12-19(8-11-23(24)38-16-20-9-10-21(30)14-22(20)31)13-25-28(35)33(29(36)39-25)15-26(34)32-27-17(2)6-5-7-18(27)3/h5-14H,4,15-16H2,1-3H3,(H,32,34)/b25-13+. The Bertz CT molecular complexity index is 1450. The summed E-state index contributed by atoms with van der Waals surface area (Å²) in [6.45, 7) is 5.84. The van der Waals surface area contributed by atoms with E-state index in [1.165, 1.54) is 0 Å². The highest BCUT2D eigenvalue weighted by Gasteiger charge is 2.36. The van der Waals surface area contributed by atoms with Crippen LogP contribution in [0.3, 0.4) is 0 Å². The van der Waals surface area contributed by atoms with Gasteiger partial charge < -0.3 is 14.8 Å². The molecule has 0 aliphatic carbocycles. The molecule has 1 N–H and O–H groups in total. The van der Waals surface area contributed by atoms with Gasteiger partial charge in [-0.05, 0) is 79.6 Å². The first-order valence-electron chi connectivity index (χ1n) is 12.1. The molecule has 0 atom stereocenters. The fourth-order valence-corrected chi connectivity index (χ4v) is 5.22. The van der Waals surface area contributed by atoms with Gasteiger partial charge in [-0.3, -0.25) is 19.3 Å². The average molecular weight is 586 g/mol. The van der Waals surface area contributed by atoms with Crippen molar-refractivity contribution in [2.45, 2.75) is 27.4 Å². The average Bonchev–Trinajstić information content (AvgIpc) is 3.14. The van der Waals surface area contributed by atoms with Crippen LogP contribution in [0.2, 0.25) is 10.0 Å². The SMILES string of the molecule is CCOc1cc(/C=C2/SC(=O)N(CC(=O)Nc3c(C)cccc3C)C2=O)ccc1OCc1ccc(Cl)cc1Cl. The van der Waals surface area contributed by atoms with Gasteiger partial charge in [0.15, 0.2) is 11.5 Å². The van der Waals surface area contributed by atoms with Crippen molar-refractivity contribution in [3.8, 4) is 11.5 Å². The number of halogens is 2. The minimum absolute atomic E-state index is 0.207. The van der Waals surface area contributed by atoms with Crippen LogP contribution in [0.15, 0.2) is 59.5 Å². The molecule has 1 aliphatic rings. The number of imide groups is 1. The number of thioether (sulfide) groups is 1. The molecule has 0 radical (unpaired) electrons. The van der Waals surface area contributed by atoms with Crippen molar-refractivity contribution in [1.29, 1.82) is 0 Å². The van der Waals surface area contributed by atoms with Gasteiger partial charge in [0.1, 0.15) is 13.2 Å². The molecule has 3 amide bonds. The van der Waals surface area contributed by atoms with E-state index in [9.17, 15) is 14.4 Å². The molecule has 3 aromatic carbocycles. The van der Waals surface area contributed by atoms with Crippen molar-refractivity contribution in [2.75, 3.05) is 18.5 Å². The Hall–Kier alpha value is -3.46. The molecular formula is C29H26Cl2N2O5S. The Morgan fingerprint density at radius 2 is 1.74 bits per heavy atom. The molecule has 39 heavy (non-hydrogen) atoms. The van der Waals surface area contributed by atoms with E-state index >= 15 is 0 Å². The van der Waals surface area contributed by atoms with Crippen molar-refractivity contribution in [3.05, 3.63) is 91.8 Å². The second-order valence-electron chi connectivity index (χ2n) is 8.75. The quantitative estimate of drug-likeness (QED) is 0.266. The molecule has 0 saturated carbocycles. The van der Waals surface area contributed by atoms with Crippen molar-refractivity contribution in [3.63, 3.8) is 0 Å². The van der Waals surface area contributed by atoms with Crippen LogP contribution in [0.25, 0.3) is 6.08 Å². The fourth-order valence-electron chi connectivity index (χ4n) is 3.92. The largest absolute Gasteiger partial charge is 0.490 e. The summed E-state index contributed by atoms with van der Waals surface area (Å²) in [7, 11) is 0. The molecule has 4 rings (SSSR count). The number of amides is 3. The lowest BCUT2D eigenvalue weighted by Crippen LogP contribution is -2.36. The predicted molar refractivity (Wildman–Crippen MR) is 156 cm³/mol. The third-order valence-electron chi connectivity index (χ3n) is 5.88. The third-order valence-corrected chi connectivity index (χ3v) is 7.38. The zero-order valence-corrected chi connectivity index (χ0v) is 23.9. The molecule has 0 bridgehead atoms. The number of anilines is 1. The number of nitrogens with zero attached hydrogens (tertiary/aromatic N) is 1.